The zero-order chi connectivity index (χ0) is 54.0. The van der Waals surface area contributed by atoms with E-state index >= 15 is 0 Å². The number of carbonyl (C=O) groups is 13. The van der Waals surface area contributed by atoms with Gasteiger partial charge in [0.25, 0.3) is 0 Å². The Bertz CT molecular complexity index is 2050. The molecule has 0 spiro atoms. The summed E-state index contributed by atoms with van der Waals surface area (Å²) in [6.07, 6.45) is -3.84. The molecule has 26 nitrogen and oxygen atoms in total. The van der Waals surface area contributed by atoms with Gasteiger partial charge in [0.05, 0.1) is 25.0 Å². The molecule has 0 bridgehead atoms. The third-order valence-corrected chi connectivity index (χ3v) is 10.2. The Labute approximate surface area is 409 Å². The van der Waals surface area contributed by atoms with Crippen molar-refractivity contribution in [2.75, 3.05) is 6.54 Å². The van der Waals surface area contributed by atoms with Crippen LogP contribution in [0.4, 0.5) is 0 Å². The van der Waals surface area contributed by atoms with Crippen LogP contribution < -0.4 is 48.3 Å². The molecule has 0 saturated heterocycles. The Hall–Kier alpha value is -7.51. The molecule has 0 aliphatic rings. The summed E-state index contributed by atoms with van der Waals surface area (Å²) in [4.78, 5) is 164. The Balaban J connectivity index is 3.20. The fraction of sp³-hybridized carbons (Fsp3) is 0.578. The van der Waals surface area contributed by atoms with Crippen LogP contribution in [-0.2, 0) is 68.7 Å². The molecule has 1 aromatic rings. The third-order valence-electron chi connectivity index (χ3n) is 10.2. The van der Waals surface area contributed by atoms with E-state index in [1.54, 1.807) is 44.2 Å². The summed E-state index contributed by atoms with van der Waals surface area (Å²) in [6, 6.07) is -3.28. The summed E-state index contributed by atoms with van der Waals surface area (Å²) in [5, 5.41) is 55.8. The normalized spacial score (nSPS) is 14.3. The molecule has 0 fully saturated rings. The van der Waals surface area contributed by atoms with Gasteiger partial charge in [0.2, 0.25) is 47.3 Å². The van der Waals surface area contributed by atoms with Crippen LogP contribution in [-0.4, -0.2) is 153 Å². The Morgan fingerprint density at radius 3 is 1.38 bits per heavy atom. The van der Waals surface area contributed by atoms with Crippen LogP contribution in [0.3, 0.4) is 0 Å². The molecule has 1 aromatic carbocycles. The molecule has 0 aliphatic heterocycles. The number of amides is 8. The topological polar surface area (TPSA) is 425 Å². The van der Waals surface area contributed by atoms with Crippen LogP contribution in [0, 0.1) is 11.8 Å². The molecule has 71 heavy (non-hydrogen) atoms. The first-order chi connectivity index (χ1) is 33.2. The molecule has 0 aliphatic carbocycles. The van der Waals surface area contributed by atoms with Gasteiger partial charge in [-0.2, -0.15) is 0 Å². The summed E-state index contributed by atoms with van der Waals surface area (Å²) in [6.45, 7) is 7.48. The highest BCUT2D eigenvalue weighted by molar-refractivity contribution is 5.98. The fourth-order valence-electron chi connectivity index (χ4n) is 6.65. The summed E-state index contributed by atoms with van der Waals surface area (Å²) < 4.78 is 0. The van der Waals surface area contributed by atoms with E-state index in [0.29, 0.717) is 18.3 Å². The minimum Gasteiger partial charge on any atom is -0.481 e. The molecule has 394 valence electrons. The maximum absolute atomic E-state index is 13.6. The van der Waals surface area contributed by atoms with Gasteiger partial charge in [-0.15, -0.1) is 0 Å². The van der Waals surface area contributed by atoms with E-state index in [-0.39, 0.29) is 24.7 Å². The number of nitrogens with two attached hydrogens (primary N) is 1. The van der Waals surface area contributed by atoms with Crippen molar-refractivity contribution < 1.29 is 82.8 Å². The Morgan fingerprint density at radius 2 is 0.930 bits per heavy atom. The van der Waals surface area contributed by atoms with Crippen molar-refractivity contribution in [2.45, 2.75) is 147 Å². The molecule has 8 amide bonds. The lowest BCUT2D eigenvalue weighted by Gasteiger charge is -2.26. The zero-order valence-electron chi connectivity index (χ0n) is 40.2. The lowest BCUT2D eigenvalue weighted by Crippen LogP contribution is -2.59. The van der Waals surface area contributed by atoms with Gasteiger partial charge < -0.3 is 73.5 Å². The molecule has 0 heterocycles. The van der Waals surface area contributed by atoms with Crippen molar-refractivity contribution in [3.05, 3.63) is 35.9 Å². The van der Waals surface area contributed by atoms with Crippen LogP contribution in [0.5, 0.6) is 0 Å². The zero-order valence-corrected chi connectivity index (χ0v) is 40.2. The van der Waals surface area contributed by atoms with Crippen LogP contribution in [0.1, 0.15) is 98.0 Å². The van der Waals surface area contributed by atoms with E-state index in [2.05, 4.69) is 42.5 Å². The quantitative estimate of drug-likeness (QED) is 0.0316. The van der Waals surface area contributed by atoms with Gasteiger partial charge in [-0.25, -0.2) is 0 Å². The molecular formula is C45H67N9O17. The van der Waals surface area contributed by atoms with Gasteiger partial charge in [0.1, 0.15) is 42.5 Å². The van der Waals surface area contributed by atoms with E-state index in [4.69, 9.17) is 5.73 Å². The molecule has 0 radical (unpaired) electrons. The number of carbonyl (C=O) groups excluding carboxylic acids is 9. The first-order valence-corrected chi connectivity index (χ1v) is 22.7. The summed E-state index contributed by atoms with van der Waals surface area (Å²) in [5.74, 6) is -14.0. The average molecular weight is 1010 g/mol. The highest BCUT2D eigenvalue weighted by atomic mass is 16.4. The third kappa shape index (κ3) is 25.6. The monoisotopic (exact) mass is 1010 g/mol. The van der Waals surface area contributed by atoms with E-state index < -0.39 is 171 Å². The minimum atomic E-state index is -1.80. The number of nitrogens with one attached hydrogen (secondary N) is 8. The van der Waals surface area contributed by atoms with Crippen LogP contribution in [0.15, 0.2) is 30.3 Å². The minimum absolute atomic E-state index is 0.0217. The Morgan fingerprint density at radius 1 is 0.507 bits per heavy atom. The van der Waals surface area contributed by atoms with E-state index in [1.807, 2.05) is 13.8 Å². The molecule has 26 heteroatoms. The maximum Gasteiger partial charge on any atom is 0.305 e. The number of benzene rings is 1. The predicted octanol–water partition coefficient (Wildman–Crippen LogP) is -2.55. The van der Waals surface area contributed by atoms with Crippen molar-refractivity contribution in [2.24, 2.45) is 17.6 Å². The van der Waals surface area contributed by atoms with Crippen LogP contribution in [0.25, 0.3) is 0 Å². The van der Waals surface area contributed by atoms with Crippen LogP contribution in [0.2, 0.25) is 0 Å². The number of rotatable bonds is 34. The lowest BCUT2D eigenvalue weighted by atomic mass is 10.0. The highest BCUT2D eigenvalue weighted by Gasteiger charge is 2.34. The standard InChI is InChI=1S/C45H67N9O17/c1-23(2)17-27(22-55)49-44(70)32(19-26-9-7-6-8-10-26)54-42(68)29(11-14-35(57)58)50-34(56)21-47-39(65)25(5)48-41(67)30(12-15-36(59)60)51-43(69)31(13-16-37(61)62)52-45(71)33(20-38(63)64)53-40(66)28(46)18-24(3)4/h6-10,22-25,27-33H,11-21,46H2,1-5H3,(H,47,65)(H,48,67)(H,49,70)(H,50,56)(H,51,69)(H,52,71)(H,53,66)(H,54,68)(H,57,58)(H,59,60)(H,61,62)(H,63,64)/t25-,27-,28-,29-,30-,31-,32-,33-/m0/s1. The molecule has 0 aromatic heterocycles. The van der Waals surface area contributed by atoms with E-state index in [1.165, 1.54) is 0 Å². The molecule has 14 N–H and O–H groups in total. The van der Waals surface area contributed by atoms with E-state index in [0.717, 1.165) is 6.92 Å². The maximum atomic E-state index is 13.6. The number of aldehydes is 1. The van der Waals surface area contributed by atoms with Gasteiger partial charge in [-0.3, -0.25) is 57.5 Å². The van der Waals surface area contributed by atoms with Crippen molar-refractivity contribution in [1.29, 1.82) is 0 Å². The second kappa shape index (κ2) is 31.6. The van der Waals surface area contributed by atoms with Crippen molar-refractivity contribution >= 4 is 77.4 Å². The summed E-state index contributed by atoms with van der Waals surface area (Å²) >= 11 is 0. The van der Waals surface area contributed by atoms with Crippen molar-refractivity contribution in [3.8, 4) is 0 Å². The van der Waals surface area contributed by atoms with Gasteiger partial charge in [0, 0.05) is 25.7 Å². The smallest absolute Gasteiger partial charge is 0.305 e. The van der Waals surface area contributed by atoms with Crippen molar-refractivity contribution in [3.63, 3.8) is 0 Å². The largest absolute Gasteiger partial charge is 0.481 e. The fourth-order valence-corrected chi connectivity index (χ4v) is 6.65. The lowest BCUT2D eigenvalue weighted by molar-refractivity contribution is -0.142. The first-order valence-electron chi connectivity index (χ1n) is 22.7. The number of hydrogen-bond donors (Lipinski definition) is 13. The molecule has 0 unspecified atom stereocenters. The van der Waals surface area contributed by atoms with Crippen molar-refractivity contribution in [1.82, 2.24) is 42.5 Å². The second-order valence-corrected chi connectivity index (χ2v) is 17.5. The highest BCUT2D eigenvalue weighted by Crippen LogP contribution is 2.10. The second-order valence-electron chi connectivity index (χ2n) is 17.5. The van der Waals surface area contributed by atoms with Crippen LogP contribution >= 0.6 is 0 Å². The number of carboxylic acid groups (broad SMARTS) is 4. The van der Waals surface area contributed by atoms with Gasteiger partial charge in [-0.1, -0.05) is 58.0 Å². The van der Waals surface area contributed by atoms with E-state index in [9.17, 15) is 82.8 Å². The molecule has 1 rings (SSSR count). The number of hydrogen-bond acceptors (Lipinski definition) is 14. The summed E-state index contributed by atoms with van der Waals surface area (Å²) in [5.41, 5.74) is 6.48. The summed E-state index contributed by atoms with van der Waals surface area (Å²) in [7, 11) is 0. The predicted molar refractivity (Wildman–Crippen MR) is 248 cm³/mol. The average Bonchev–Trinajstić information content (AvgIpc) is 3.28. The van der Waals surface area contributed by atoms with Gasteiger partial charge in [0.15, 0.2) is 0 Å². The molecule has 0 saturated carbocycles. The number of aliphatic carboxylic acids is 4. The van der Waals surface area contributed by atoms with Gasteiger partial charge >= 0.3 is 23.9 Å². The SMILES string of the molecule is CC(C)C[C@@H](C=O)NC(=O)[C@H](Cc1ccccc1)NC(=O)[C@H](CCC(=O)O)NC(=O)CNC(=O)[C@H](C)NC(=O)[C@H](CCC(=O)O)NC(=O)[C@H](CCC(=O)O)NC(=O)[C@H](CC(=O)O)NC(=O)[C@@H](N)CC(C)C. The number of carboxylic acids is 4. The molecular weight excluding hydrogens is 939 g/mol. The molecule has 8 atom stereocenters. The van der Waals surface area contributed by atoms with Gasteiger partial charge in [-0.05, 0) is 56.4 Å². The Kier molecular flexibility index (Phi) is 27.4. The first kappa shape index (κ1) is 61.5.